The van der Waals surface area contributed by atoms with Crippen molar-refractivity contribution < 1.29 is 0 Å². The van der Waals surface area contributed by atoms with Crippen molar-refractivity contribution in [2.24, 2.45) is 0 Å². The molecular weight excluding hydrogens is 198 g/mol. The summed E-state index contributed by atoms with van der Waals surface area (Å²) in [7, 11) is 2.28. The van der Waals surface area contributed by atoms with E-state index in [1.807, 2.05) is 18.5 Å². The van der Waals surface area contributed by atoms with Gasteiger partial charge in [-0.3, -0.25) is 9.88 Å². The van der Waals surface area contributed by atoms with Gasteiger partial charge in [0.05, 0.1) is 17.4 Å². The molecule has 0 unspecified atom stereocenters. The highest BCUT2D eigenvalue weighted by Crippen LogP contribution is 2.37. The Bertz CT molecular complexity index is 357. The zero-order valence-electron chi connectivity index (χ0n) is 9.89. The van der Waals surface area contributed by atoms with Gasteiger partial charge < -0.3 is 4.90 Å². The number of rotatable bonds is 1. The third-order valence-electron chi connectivity index (χ3n) is 4.18. The van der Waals surface area contributed by atoms with Gasteiger partial charge in [-0.1, -0.05) is 6.42 Å². The van der Waals surface area contributed by atoms with Gasteiger partial charge in [-0.2, -0.15) is 0 Å². The molecule has 0 saturated carbocycles. The van der Waals surface area contributed by atoms with E-state index in [0.717, 1.165) is 0 Å². The van der Waals surface area contributed by atoms with Crippen LogP contribution in [0.5, 0.6) is 0 Å². The molecule has 2 aliphatic rings. The summed E-state index contributed by atoms with van der Waals surface area (Å²) in [6.07, 6.45) is 7.93. The fourth-order valence-electron chi connectivity index (χ4n) is 3.02. The molecule has 1 aromatic heterocycles. The summed E-state index contributed by atoms with van der Waals surface area (Å²) in [6.45, 7) is 3.62. The maximum Gasteiger partial charge on any atom is 0.0557 e. The van der Waals surface area contributed by atoms with E-state index in [1.165, 1.54) is 44.6 Å². The molecule has 0 amide bonds. The number of pyridine rings is 1. The molecule has 16 heavy (non-hydrogen) atoms. The molecule has 3 heterocycles. The first-order chi connectivity index (χ1) is 7.80. The van der Waals surface area contributed by atoms with Crippen LogP contribution in [0.4, 0.5) is 5.69 Å². The van der Waals surface area contributed by atoms with Crippen molar-refractivity contribution in [3.63, 3.8) is 0 Å². The van der Waals surface area contributed by atoms with Crippen LogP contribution in [0.15, 0.2) is 24.5 Å². The summed E-state index contributed by atoms with van der Waals surface area (Å²) in [4.78, 5) is 9.18. The fraction of sp³-hybridized carbons (Fsp3) is 0.615. The molecule has 86 valence electrons. The second-order valence-corrected chi connectivity index (χ2v) is 5.17. The highest BCUT2D eigenvalue weighted by molar-refractivity contribution is 5.49. The molecule has 0 atom stereocenters. The summed E-state index contributed by atoms with van der Waals surface area (Å²) >= 11 is 0. The average molecular weight is 217 g/mol. The third kappa shape index (κ3) is 1.50. The minimum atomic E-state index is 0.466. The molecule has 0 aliphatic carbocycles. The van der Waals surface area contributed by atoms with Crippen LogP contribution >= 0.6 is 0 Å². The molecule has 2 aliphatic heterocycles. The van der Waals surface area contributed by atoms with Gasteiger partial charge in [-0.25, -0.2) is 0 Å². The number of anilines is 1. The molecule has 0 radical (unpaired) electrons. The lowest BCUT2D eigenvalue weighted by Crippen LogP contribution is -2.70. The molecule has 0 aromatic carbocycles. The standard InChI is InChI=1S/C13H19N3/c1-15-8-3-2-6-13(15)10-16(11-13)12-5-4-7-14-9-12/h4-5,7,9H,2-3,6,8,10-11H2,1H3. The molecule has 2 saturated heterocycles. The first kappa shape index (κ1) is 10.1. The zero-order chi connectivity index (χ0) is 11.0. The van der Waals surface area contributed by atoms with Gasteiger partial charge >= 0.3 is 0 Å². The average Bonchev–Trinajstić information content (AvgIpc) is 2.28. The van der Waals surface area contributed by atoms with E-state index in [-0.39, 0.29) is 0 Å². The smallest absolute Gasteiger partial charge is 0.0557 e. The van der Waals surface area contributed by atoms with Crippen LogP contribution in [0.2, 0.25) is 0 Å². The van der Waals surface area contributed by atoms with E-state index < -0.39 is 0 Å². The first-order valence-electron chi connectivity index (χ1n) is 6.16. The van der Waals surface area contributed by atoms with Gasteiger partial charge in [-0.05, 0) is 38.6 Å². The largest absolute Gasteiger partial charge is 0.366 e. The first-order valence-corrected chi connectivity index (χ1v) is 6.16. The minimum absolute atomic E-state index is 0.466. The quantitative estimate of drug-likeness (QED) is 0.714. The summed E-state index contributed by atoms with van der Waals surface area (Å²) in [5, 5.41) is 0. The van der Waals surface area contributed by atoms with Crippen molar-refractivity contribution in [2.75, 3.05) is 31.6 Å². The Labute approximate surface area is 97.1 Å². The third-order valence-corrected chi connectivity index (χ3v) is 4.18. The Morgan fingerprint density at radius 3 is 2.88 bits per heavy atom. The van der Waals surface area contributed by atoms with E-state index >= 15 is 0 Å². The van der Waals surface area contributed by atoms with Crippen LogP contribution in [0.1, 0.15) is 19.3 Å². The summed E-state index contributed by atoms with van der Waals surface area (Å²) in [5.74, 6) is 0. The number of likely N-dealkylation sites (tertiary alicyclic amines) is 1. The fourth-order valence-corrected chi connectivity index (χ4v) is 3.02. The van der Waals surface area contributed by atoms with E-state index in [4.69, 9.17) is 0 Å². The lowest BCUT2D eigenvalue weighted by molar-refractivity contribution is 0.0458. The molecular formula is C13H19N3. The van der Waals surface area contributed by atoms with Crippen LogP contribution in [0.3, 0.4) is 0 Å². The summed E-state index contributed by atoms with van der Waals surface area (Å²) in [6, 6.07) is 4.17. The Balaban J connectivity index is 1.69. The van der Waals surface area contributed by atoms with Crippen molar-refractivity contribution in [1.82, 2.24) is 9.88 Å². The van der Waals surface area contributed by atoms with Crippen molar-refractivity contribution in [2.45, 2.75) is 24.8 Å². The second kappa shape index (κ2) is 3.74. The summed E-state index contributed by atoms with van der Waals surface area (Å²) in [5.41, 5.74) is 1.74. The topological polar surface area (TPSA) is 19.4 Å². The molecule has 2 fully saturated rings. The minimum Gasteiger partial charge on any atom is -0.366 e. The normalized spacial score (nSPS) is 24.4. The second-order valence-electron chi connectivity index (χ2n) is 5.17. The van der Waals surface area contributed by atoms with Crippen LogP contribution in [0.25, 0.3) is 0 Å². The van der Waals surface area contributed by atoms with Gasteiger partial charge in [0.1, 0.15) is 0 Å². The van der Waals surface area contributed by atoms with Gasteiger partial charge in [0.15, 0.2) is 0 Å². The zero-order valence-corrected chi connectivity index (χ0v) is 9.89. The molecule has 0 bridgehead atoms. The van der Waals surface area contributed by atoms with Gasteiger partial charge in [-0.15, -0.1) is 0 Å². The number of hydrogen-bond acceptors (Lipinski definition) is 3. The Kier molecular flexibility index (Phi) is 2.36. The highest BCUT2D eigenvalue weighted by Gasteiger charge is 2.46. The highest BCUT2D eigenvalue weighted by atomic mass is 15.3. The van der Waals surface area contributed by atoms with Gasteiger partial charge in [0, 0.05) is 19.3 Å². The van der Waals surface area contributed by atoms with E-state index in [9.17, 15) is 0 Å². The molecule has 0 N–H and O–H groups in total. The van der Waals surface area contributed by atoms with Crippen molar-refractivity contribution >= 4 is 5.69 Å². The van der Waals surface area contributed by atoms with E-state index in [1.54, 1.807) is 0 Å². The Morgan fingerprint density at radius 2 is 2.19 bits per heavy atom. The molecule has 3 nitrogen and oxygen atoms in total. The lowest BCUT2D eigenvalue weighted by atomic mass is 9.80. The van der Waals surface area contributed by atoms with Crippen LogP contribution < -0.4 is 4.90 Å². The number of likely N-dealkylation sites (N-methyl/N-ethyl adjacent to an activating group) is 1. The maximum absolute atomic E-state index is 4.18. The van der Waals surface area contributed by atoms with Gasteiger partial charge in [0.2, 0.25) is 0 Å². The molecule has 3 rings (SSSR count). The Morgan fingerprint density at radius 1 is 1.31 bits per heavy atom. The Hall–Kier alpha value is -1.09. The predicted octanol–water partition coefficient (Wildman–Crippen LogP) is 1.76. The monoisotopic (exact) mass is 217 g/mol. The molecule has 1 spiro atoms. The number of hydrogen-bond donors (Lipinski definition) is 0. The van der Waals surface area contributed by atoms with Gasteiger partial charge in [0.25, 0.3) is 0 Å². The molecule has 3 heteroatoms. The molecule has 1 aromatic rings. The van der Waals surface area contributed by atoms with Crippen molar-refractivity contribution in [1.29, 1.82) is 0 Å². The number of aromatic nitrogens is 1. The SMILES string of the molecule is CN1CCCCC12CN(c1cccnc1)C2. The number of piperidine rings is 1. The summed E-state index contributed by atoms with van der Waals surface area (Å²) < 4.78 is 0. The maximum atomic E-state index is 4.18. The van der Waals surface area contributed by atoms with Crippen molar-refractivity contribution in [3.05, 3.63) is 24.5 Å². The van der Waals surface area contributed by atoms with E-state index in [2.05, 4.69) is 27.9 Å². The lowest BCUT2D eigenvalue weighted by Gasteiger charge is -2.58. The predicted molar refractivity (Wildman–Crippen MR) is 65.7 cm³/mol. The van der Waals surface area contributed by atoms with Crippen LogP contribution in [0, 0.1) is 0 Å². The van der Waals surface area contributed by atoms with Crippen LogP contribution in [-0.2, 0) is 0 Å². The van der Waals surface area contributed by atoms with Crippen molar-refractivity contribution in [3.8, 4) is 0 Å². The van der Waals surface area contributed by atoms with E-state index in [0.29, 0.717) is 5.54 Å². The van der Waals surface area contributed by atoms with Crippen LogP contribution in [-0.4, -0.2) is 42.1 Å². The number of nitrogens with zero attached hydrogens (tertiary/aromatic N) is 3.